The van der Waals surface area contributed by atoms with Crippen molar-refractivity contribution in [2.24, 2.45) is 0 Å². The minimum absolute atomic E-state index is 0.0101. The highest BCUT2D eigenvalue weighted by molar-refractivity contribution is 8.26. The molecule has 2 N–H and O–H groups in total. The summed E-state index contributed by atoms with van der Waals surface area (Å²) in [6.45, 7) is 3.71. The summed E-state index contributed by atoms with van der Waals surface area (Å²) in [4.78, 5) is 40.8. The van der Waals surface area contributed by atoms with Gasteiger partial charge in [-0.1, -0.05) is 41.6 Å². The first kappa shape index (κ1) is 35.4. The summed E-state index contributed by atoms with van der Waals surface area (Å²) in [6.07, 6.45) is -3.08. The largest absolute Gasteiger partial charge is 0.492 e. The number of hydrogen-bond donors (Lipinski definition) is 2. The Balaban J connectivity index is 1.35. The molecule has 2 aliphatic heterocycles. The summed E-state index contributed by atoms with van der Waals surface area (Å²) >= 11 is 12.8. The third-order valence-corrected chi connectivity index (χ3v) is 9.23. The van der Waals surface area contributed by atoms with E-state index >= 15 is 0 Å². The van der Waals surface area contributed by atoms with E-state index in [2.05, 4.69) is 10.2 Å². The van der Waals surface area contributed by atoms with Crippen molar-refractivity contribution in [3.05, 3.63) is 87.3 Å². The fourth-order valence-corrected chi connectivity index (χ4v) is 6.49. The number of thioether (sulfide) groups is 1. The zero-order chi connectivity index (χ0) is 34.4. The van der Waals surface area contributed by atoms with Crippen LogP contribution in [-0.2, 0) is 20.5 Å². The van der Waals surface area contributed by atoms with Crippen LogP contribution in [0, 0.1) is 0 Å². The molecule has 252 valence electrons. The SMILES string of the molecule is O=C(CCN1C(=O)/C(=C/c2cc(-c3cc(C(F)(F)F)ccc3Cl)ccc2OCCN2CCOCC2)SC1=S)Nc1ccc(C(=O)O)cc1. The van der Waals surface area contributed by atoms with E-state index in [1.165, 1.54) is 35.2 Å². The van der Waals surface area contributed by atoms with E-state index in [0.29, 0.717) is 48.9 Å². The zero-order valence-electron chi connectivity index (χ0n) is 25.2. The van der Waals surface area contributed by atoms with Gasteiger partial charge in [-0.05, 0) is 66.2 Å². The zero-order valence-corrected chi connectivity index (χ0v) is 27.6. The first-order chi connectivity index (χ1) is 22.9. The molecular weight excluding hydrogens is 691 g/mol. The lowest BCUT2D eigenvalue weighted by molar-refractivity contribution is -0.137. The summed E-state index contributed by atoms with van der Waals surface area (Å²) < 4.78 is 52.3. The number of alkyl halides is 3. The number of carboxylic acids is 1. The number of halogens is 4. The van der Waals surface area contributed by atoms with Crippen LogP contribution in [0.5, 0.6) is 5.75 Å². The van der Waals surface area contributed by atoms with Crippen molar-refractivity contribution in [2.45, 2.75) is 12.6 Å². The van der Waals surface area contributed by atoms with Crippen molar-refractivity contribution >= 4 is 69.4 Å². The Labute approximate surface area is 288 Å². The molecule has 5 rings (SSSR count). The van der Waals surface area contributed by atoms with Gasteiger partial charge in [0.15, 0.2) is 0 Å². The third kappa shape index (κ3) is 8.94. The second-order valence-electron chi connectivity index (χ2n) is 10.8. The molecule has 2 amide bonds. The summed E-state index contributed by atoms with van der Waals surface area (Å²) in [5.74, 6) is -1.52. The van der Waals surface area contributed by atoms with Crippen LogP contribution in [0.3, 0.4) is 0 Å². The van der Waals surface area contributed by atoms with Crippen LogP contribution in [0.25, 0.3) is 17.2 Å². The maximum absolute atomic E-state index is 13.5. The van der Waals surface area contributed by atoms with E-state index in [9.17, 15) is 27.6 Å². The molecule has 0 bridgehead atoms. The molecule has 2 saturated heterocycles. The Morgan fingerprint density at radius 3 is 2.48 bits per heavy atom. The van der Waals surface area contributed by atoms with E-state index < -0.39 is 29.5 Å². The first-order valence-corrected chi connectivity index (χ1v) is 16.3. The normalized spacial score (nSPS) is 16.4. The maximum Gasteiger partial charge on any atom is 0.416 e. The molecule has 0 radical (unpaired) electrons. The van der Waals surface area contributed by atoms with Crippen LogP contribution in [0.2, 0.25) is 5.02 Å². The number of rotatable bonds is 11. The summed E-state index contributed by atoms with van der Waals surface area (Å²) in [5, 5.41) is 11.8. The Bertz CT molecular complexity index is 1750. The van der Waals surface area contributed by atoms with Gasteiger partial charge >= 0.3 is 12.1 Å². The van der Waals surface area contributed by atoms with Gasteiger partial charge < -0.3 is 19.9 Å². The van der Waals surface area contributed by atoms with E-state index in [0.717, 1.165) is 37.0 Å². The highest BCUT2D eigenvalue weighted by Crippen LogP contribution is 2.39. The van der Waals surface area contributed by atoms with Gasteiger partial charge in [0.1, 0.15) is 16.7 Å². The van der Waals surface area contributed by atoms with E-state index in [1.807, 2.05) is 0 Å². The average molecular weight is 720 g/mol. The van der Waals surface area contributed by atoms with Crippen molar-refractivity contribution in [2.75, 3.05) is 51.3 Å². The number of hydrogen-bond acceptors (Lipinski definition) is 8. The van der Waals surface area contributed by atoms with Gasteiger partial charge in [-0.2, -0.15) is 13.2 Å². The van der Waals surface area contributed by atoms with E-state index in [4.69, 9.17) is 38.4 Å². The molecule has 0 spiro atoms. The van der Waals surface area contributed by atoms with Gasteiger partial charge in [0.25, 0.3) is 5.91 Å². The molecule has 0 aromatic heterocycles. The number of thiocarbonyl (C=S) groups is 1. The van der Waals surface area contributed by atoms with Crippen molar-refractivity contribution in [3.63, 3.8) is 0 Å². The minimum atomic E-state index is -4.57. The van der Waals surface area contributed by atoms with E-state index in [-0.39, 0.29) is 38.3 Å². The van der Waals surface area contributed by atoms with Crippen molar-refractivity contribution in [3.8, 4) is 16.9 Å². The average Bonchev–Trinajstić information content (AvgIpc) is 3.32. The lowest BCUT2D eigenvalue weighted by Gasteiger charge is -2.26. The maximum atomic E-state index is 13.5. The summed E-state index contributed by atoms with van der Waals surface area (Å²) in [6, 6.07) is 13.6. The number of aromatic carboxylic acids is 1. The standard InChI is InChI=1S/C33H29ClF3N3O6S2/c34-26-7-4-23(33(35,36)37)19-25(26)21-3-8-27(46-16-13-39-11-14-45-15-12-39)22(17-21)18-28-30(42)40(32(47)48-28)10-9-29(41)38-24-5-1-20(2-6-24)31(43)44/h1-8,17-19H,9-16H2,(H,38,41)(H,43,44)/b28-18-. The third-order valence-electron chi connectivity index (χ3n) is 7.52. The second kappa shape index (κ2) is 15.5. The number of carboxylic acid groups (broad SMARTS) is 1. The molecule has 3 aromatic carbocycles. The molecule has 2 heterocycles. The quantitative estimate of drug-likeness (QED) is 0.166. The van der Waals surface area contributed by atoms with Crippen LogP contribution in [-0.4, -0.2) is 83.0 Å². The molecule has 2 fully saturated rings. The highest BCUT2D eigenvalue weighted by atomic mass is 35.5. The predicted octanol–water partition coefficient (Wildman–Crippen LogP) is 6.67. The summed E-state index contributed by atoms with van der Waals surface area (Å²) in [7, 11) is 0. The number of carbonyl (C=O) groups is 3. The number of ether oxygens (including phenoxy) is 2. The lowest BCUT2D eigenvalue weighted by Crippen LogP contribution is -2.38. The Morgan fingerprint density at radius 2 is 1.79 bits per heavy atom. The molecule has 0 unspecified atom stereocenters. The van der Waals surface area contributed by atoms with Gasteiger partial charge in [0.2, 0.25) is 5.91 Å². The fourth-order valence-electron chi connectivity index (χ4n) is 4.96. The number of benzene rings is 3. The van der Waals surface area contributed by atoms with Crippen LogP contribution < -0.4 is 10.1 Å². The first-order valence-electron chi connectivity index (χ1n) is 14.7. The van der Waals surface area contributed by atoms with Crippen LogP contribution in [0.4, 0.5) is 18.9 Å². The fraction of sp³-hybridized carbons (Fsp3) is 0.273. The number of nitrogens with one attached hydrogen (secondary N) is 1. The van der Waals surface area contributed by atoms with Crippen LogP contribution in [0.15, 0.2) is 65.6 Å². The second-order valence-corrected chi connectivity index (χ2v) is 12.8. The van der Waals surface area contributed by atoms with Gasteiger partial charge in [0, 0.05) is 54.4 Å². The lowest BCUT2D eigenvalue weighted by atomic mass is 9.99. The highest BCUT2D eigenvalue weighted by Gasteiger charge is 2.33. The number of anilines is 1. The summed E-state index contributed by atoms with van der Waals surface area (Å²) in [5.41, 5.74) is 0.615. The van der Waals surface area contributed by atoms with Gasteiger partial charge in [-0.15, -0.1) is 0 Å². The van der Waals surface area contributed by atoms with Crippen LogP contribution in [0.1, 0.15) is 27.9 Å². The number of amides is 2. The monoisotopic (exact) mass is 719 g/mol. The van der Waals surface area contributed by atoms with Crippen molar-refractivity contribution < 1.29 is 42.1 Å². The number of carbonyl (C=O) groups excluding carboxylic acids is 2. The van der Waals surface area contributed by atoms with E-state index in [1.54, 1.807) is 24.3 Å². The molecule has 0 atom stereocenters. The molecular formula is C33H29ClF3N3O6S2. The molecule has 2 aliphatic rings. The number of morpholine rings is 1. The molecule has 0 aliphatic carbocycles. The molecule has 15 heteroatoms. The van der Waals surface area contributed by atoms with Crippen LogP contribution >= 0.6 is 35.6 Å². The van der Waals surface area contributed by atoms with Gasteiger partial charge in [-0.3, -0.25) is 19.4 Å². The molecule has 3 aromatic rings. The smallest absolute Gasteiger partial charge is 0.416 e. The topological polar surface area (TPSA) is 108 Å². The van der Waals surface area contributed by atoms with Crippen molar-refractivity contribution in [1.82, 2.24) is 9.80 Å². The van der Waals surface area contributed by atoms with Crippen molar-refractivity contribution in [1.29, 1.82) is 0 Å². The molecule has 9 nitrogen and oxygen atoms in total. The predicted molar refractivity (Wildman–Crippen MR) is 181 cm³/mol. The molecule has 48 heavy (non-hydrogen) atoms. The minimum Gasteiger partial charge on any atom is -0.492 e. The Kier molecular flexibility index (Phi) is 11.4. The Morgan fingerprint density at radius 1 is 1.06 bits per heavy atom. The molecule has 0 saturated carbocycles. The Hall–Kier alpha value is -3.95. The van der Waals surface area contributed by atoms with Gasteiger partial charge in [0.05, 0.1) is 29.2 Å². The van der Waals surface area contributed by atoms with Gasteiger partial charge in [-0.25, -0.2) is 4.79 Å². The number of nitrogens with zero attached hydrogens (tertiary/aromatic N) is 2.